The number of hydrogen-bond acceptors (Lipinski definition) is 2. The van der Waals surface area contributed by atoms with E-state index in [4.69, 9.17) is 10.5 Å². The molecule has 1 fully saturated rings. The number of benzene rings is 1. The second-order valence-electron chi connectivity index (χ2n) is 6.11. The first-order chi connectivity index (χ1) is 9.51. The minimum Gasteiger partial charge on any atom is -0.490 e. The Balaban J connectivity index is 2.17. The zero-order valence-corrected chi connectivity index (χ0v) is 12.8. The monoisotopic (exact) mass is 279 g/mol. The highest BCUT2D eigenvalue weighted by Gasteiger charge is 2.23. The van der Waals surface area contributed by atoms with Crippen LogP contribution in [0.3, 0.4) is 0 Å². The summed E-state index contributed by atoms with van der Waals surface area (Å²) in [5.74, 6) is 1.31. The molecule has 2 nitrogen and oxygen atoms in total. The molecule has 3 atom stereocenters. The van der Waals surface area contributed by atoms with E-state index in [0.717, 1.165) is 30.1 Å². The minimum atomic E-state index is -0.217. The fourth-order valence-corrected chi connectivity index (χ4v) is 3.03. The smallest absolute Gasteiger partial charge is 0.126 e. The molecule has 0 heterocycles. The number of ether oxygens (including phenoxy) is 1. The molecule has 1 saturated carbocycles. The van der Waals surface area contributed by atoms with Crippen molar-refractivity contribution in [2.45, 2.75) is 65.0 Å². The van der Waals surface area contributed by atoms with Crippen molar-refractivity contribution >= 4 is 0 Å². The highest BCUT2D eigenvalue weighted by Crippen LogP contribution is 2.33. The third-order valence-corrected chi connectivity index (χ3v) is 4.39. The molecule has 0 aromatic heterocycles. The molecule has 2 unspecified atom stereocenters. The largest absolute Gasteiger partial charge is 0.490 e. The summed E-state index contributed by atoms with van der Waals surface area (Å²) in [5, 5.41) is 0. The van der Waals surface area contributed by atoms with Gasteiger partial charge in [-0.3, -0.25) is 0 Å². The first-order valence-corrected chi connectivity index (χ1v) is 7.73. The summed E-state index contributed by atoms with van der Waals surface area (Å²) in [7, 11) is 0. The number of hydrogen-bond donors (Lipinski definition) is 1. The molecule has 1 aliphatic rings. The second kappa shape index (κ2) is 6.57. The molecular weight excluding hydrogens is 253 g/mol. The van der Waals surface area contributed by atoms with Crippen LogP contribution < -0.4 is 10.5 Å². The first kappa shape index (κ1) is 15.3. The first-order valence-electron chi connectivity index (χ1n) is 7.73. The van der Waals surface area contributed by atoms with Gasteiger partial charge in [-0.05, 0) is 56.7 Å². The van der Waals surface area contributed by atoms with Gasteiger partial charge in [0.05, 0.1) is 6.10 Å². The molecule has 0 amide bonds. The standard InChI is InChI=1S/C17H26FNO/c1-4-13-6-5-7-14(9-13)20-17-8-11(2)16(18)10-15(17)12(3)19/h8,10,12-14H,4-7,9,19H2,1-3H3/t12-,13?,14?/m0/s1. The van der Waals surface area contributed by atoms with Crippen LogP contribution in [0.2, 0.25) is 0 Å². The van der Waals surface area contributed by atoms with E-state index < -0.39 is 0 Å². The van der Waals surface area contributed by atoms with E-state index in [1.165, 1.54) is 25.3 Å². The number of aryl methyl sites for hydroxylation is 1. The fourth-order valence-electron chi connectivity index (χ4n) is 3.03. The van der Waals surface area contributed by atoms with Crippen molar-refractivity contribution in [1.82, 2.24) is 0 Å². The molecule has 0 aliphatic heterocycles. The van der Waals surface area contributed by atoms with Gasteiger partial charge in [0.25, 0.3) is 0 Å². The lowest BCUT2D eigenvalue weighted by molar-refractivity contribution is 0.120. The fraction of sp³-hybridized carbons (Fsp3) is 0.647. The number of halogens is 1. The van der Waals surface area contributed by atoms with Crippen LogP contribution in [0, 0.1) is 18.7 Å². The molecule has 3 heteroatoms. The Morgan fingerprint density at radius 3 is 2.80 bits per heavy atom. The van der Waals surface area contributed by atoms with Crippen LogP contribution in [0.5, 0.6) is 5.75 Å². The van der Waals surface area contributed by atoms with Crippen molar-refractivity contribution in [3.05, 3.63) is 29.1 Å². The van der Waals surface area contributed by atoms with Crippen molar-refractivity contribution in [3.8, 4) is 5.75 Å². The van der Waals surface area contributed by atoms with Gasteiger partial charge >= 0.3 is 0 Å². The van der Waals surface area contributed by atoms with Gasteiger partial charge in [0.15, 0.2) is 0 Å². The molecule has 2 rings (SSSR count). The summed E-state index contributed by atoms with van der Waals surface area (Å²) in [5.41, 5.74) is 7.33. The van der Waals surface area contributed by atoms with E-state index >= 15 is 0 Å². The van der Waals surface area contributed by atoms with Crippen LogP contribution in [-0.2, 0) is 0 Å². The SMILES string of the molecule is CCC1CCCC(Oc2cc(C)c(F)cc2[C@H](C)N)C1. The van der Waals surface area contributed by atoms with Crippen LogP contribution in [-0.4, -0.2) is 6.10 Å². The molecular formula is C17H26FNO. The van der Waals surface area contributed by atoms with Gasteiger partial charge in [0.1, 0.15) is 11.6 Å². The molecule has 112 valence electrons. The van der Waals surface area contributed by atoms with Crippen molar-refractivity contribution in [2.24, 2.45) is 11.7 Å². The van der Waals surface area contributed by atoms with Gasteiger partial charge in [-0.2, -0.15) is 0 Å². The Kier molecular flexibility index (Phi) is 5.03. The lowest BCUT2D eigenvalue weighted by Gasteiger charge is -2.30. The van der Waals surface area contributed by atoms with Gasteiger partial charge in [-0.25, -0.2) is 4.39 Å². The van der Waals surface area contributed by atoms with Gasteiger partial charge in [0.2, 0.25) is 0 Å². The zero-order valence-electron chi connectivity index (χ0n) is 12.8. The lowest BCUT2D eigenvalue weighted by Crippen LogP contribution is -2.26. The van der Waals surface area contributed by atoms with Gasteiger partial charge < -0.3 is 10.5 Å². The van der Waals surface area contributed by atoms with Crippen LogP contribution in [0.25, 0.3) is 0 Å². The summed E-state index contributed by atoms with van der Waals surface area (Å²) in [6, 6.07) is 3.10. The maximum atomic E-state index is 13.7. The summed E-state index contributed by atoms with van der Waals surface area (Å²) in [6.45, 7) is 5.87. The van der Waals surface area contributed by atoms with E-state index in [0.29, 0.717) is 5.56 Å². The van der Waals surface area contributed by atoms with Gasteiger partial charge in [0, 0.05) is 11.6 Å². The highest BCUT2D eigenvalue weighted by atomic mass is 19.1. The average molecular weight is 279 g/mol. The topological polar surface area (TPSA) is 35.2 Å². The summed E-state index contributed by atoms with van der Waals surface area (Å²) < 4.78 is 19.9. The van der Waals surface area contributed by atoms with E-state index in [1.807, 2.05) is 6.92 Å². The average Bonchev–Trinajstić information content (AvgIpc) is 2.42. The highest BCUT2D eigenvalue weighted by molar-refractivity contribution is 5.40. The normalized spacial score (nSPS) is 24.4. The van der Waals surface area contributed by atoms with E-state index in [-0.39, 0.29) is 18.0 Å². The van der Waals surface area contributed by atoms with Crippen molar-refractivity contribution < 1.29 is 9.13 Å². The molecule has 0 bridgehead atoms. The molecule has 2 N–H and O–H groups in total. The van der Waals surface area contributed by atoms with Crippen molar-refractivity contribution in [2.75, 3.05) is 0 Å². The van der Waals surface area contributed by atoms with Crippen molar-refractivity contribution in [3.63, 3.8) is 0 Å². The Labute approximate surface area is 121 Å². The van der Waals surface area contributed by atoms with Crippen LogP contribution in [0.1, 0.15) is 63.1 Å². The minimum absolute atomic E-state index is 0.209. The van der Waals surface area contributed by atoms with Crippen LogP contribution >= 0.6 is 0 Å². The van der Waals surface area contributed by atoms with E-state index in [1.54, 1.807) is 13.0 Å². The quantitative estimate of drug-likeness (QED) is 0.880. The Morgan fingerprint density at radius 1 is 1.40 bits per heavy atom. The molecule has 0 saturated heterocycles. The molecule has 0 spiro atoms. The summed E-state index contributed by atoms with van der Waals surface area (Å²) in [6.07, 6.45) is 6.17. The van der Waals surface area contributed by atoms with Gasteiger partial charge in [-0.1, -0.05) is 19.8 Å². The molecule has 1 aromatic rings. The number of nitrogens with two attached hydrogens (primary N) is 1. The molecule has 0 radical (unpaired) electrons. The van der Waals surface area contributed by atoms with Gasteiger partial charge in [-0.15, -0.1) is 0 Å². The molecule has 20 heavy (non-hydrogen) atoms. The summed E-state index contributed by atoms with van der Waals surface area (Å²) in [4.78, 5) is 0. The Hall–Kier alpha value is -1.09. The van der Waals surface area contributed by atoms with E-state index in [9.17, 15) is 4.39 Å². The van der Waals surface area contributed by atoms with Crippen molar-refractivity contribution in [1.29, 1.82) is 0 Å². The summed E-state index contributed by atoms with van der Waals surface area (Å²) >= 11 is 0. The Bertz CT molecular complexity index is 459. The lowest BCUT2D eigenvalue weighted by atomic mass is 9.85. The maximum Gasteiger partial charge on any atom is 0.126 e. The zero-order chi connectivity index (χ0) is 14.7. The molecule has 1 aliphatic carbocycles. The predicted molar refractivity (Wildman–Crippen MR) is 80.4 cm³/mol. The number of rotatable bonds is 4. The third kappa shape index (κ3) is 3.51. The third-order valence-electron chi connectivity index (χ3n) is 4.39. The van der Waals surface area contributed by atoms with E-state index in [2.05, 4.69) is 6.92 Å². The Morgan fingerprint density at radius 2 is 2.15 bits per heavy atom. The molecule has 1 aromatic carbocycles. The second-order valence-corrected chi connectivity index (χ2v) is 6.11. The van der Waals surface area contributed by atoms with Crippen LogP contribution in [0.15, 0.2) is 12.1 Å². The maximum absolute atomic E-state index is 13.7. The predicted octanol–water partition coefficient (Wildman–Crippen LogP) is 4.50. The van der Waals surface area contributed by atoms with Crippen LogP contribution in [0.4, 0.5) is 4.39 Å².